The fourth-order valence-electron chi connectivity index (χ4n) is 3.75. The number of furan rings is 1. The lowest BCUT2D eigenvalue weighted by Gasteiger charge is -2.25. The quantitative estimate of drug-likeness (QED) is 0.537. The van der Waals surface area contributed by atoms with Crippen LogP contribution in [0.1, 0.15) is 50.6 Å². The van der Waals surface area contributed by atoms with Gasteiger partial charge in [0, 0.05) is 12.6 Å². The number of rotatable bonds is 7. The molecule has 1 aromatic carbocycles. The largest absolute Gasteiger partial charge is 0.461 e. The SMILES string of the molecule is CC(Sc1nnc(-c2ccco2)n1C1CCCCC1)C(=O)NCc1ccc(F)cc1. The molecule has 8 heteroatoms. The summed E-state index contributed by atoms with van der Waals surface area (Å²) in [6.45, 7) is 2.22. The molecule has 6 nitrogen and oxygen atoms in total. The first-order valence-electron chi connectivity index (χ1n) is 10.3. The Labute approximate surface area is 179 Å². The van der Waals surface area contributed by atoms with Crippen molar-refractivity contribution >= 4 is 17.7 Å². The number of hydrogen-bond donors (Lipinski definition) is 1. The molecule has 0 radical (unpaired) electrons. The van der Waals surface area contributed by atoms with E-state index in [4.69, 9.17) is 4.42 Å². The number of amides is 1. The third-order valence-corrected chi connectivity index (χ3v) is 6.43. The van der Waals surface area contributed by atoms with Crippen LogP contribution in [0.2, 0.25) is 0 Å². The Bertz CT molecular complexity index is 966. The molecule has 1 saturated carbocycles. The molecule has 1 aliphatic rings. The number of aromatic nitrogens is 3. The van der Waals surface area contributed by atoms with E-state index in [0.29, 0.717) is 24.2 Å². The lowest BCUT2D eigenvalue weighted by molar-refractivity contribution is -0.120. The highest BCUT2D eigenvalue weighted by Crippen LogP contribution is 2.36. The van der Waals surface area contributed by atoms with Crippen LogP contribution in [-0.4, -0.2) is 25.9 Å². The number of halogens is 1. The molecule has 30 heavy (non-hydrogen) atoms. The average Bonchev–Trinajstić information content (AvgIpc) is 3.43. The molecule has 1 fully saturated rings. The van der Waals surface area contributed by atoms with Gasteiger partial charge in [0.05, 0.1) is 11.5 Å². The van der Waals surface area contributed by atoms with Crippen LogP contribution < -0.4 is 5.32 Å². The van der Waals surface area contributed by atoms with E-state index in [0.717, 1.165) is 23.6 Å². The molecule has 1 amide bonds. The number of nitrogens with one attached hydrogen (secondary N) is 1. The van der Waals surface area contributed by atoms with Crippen molar-refractivity contribution in [2.45, 2.75) is 62.0 Å². The van der Waals surface area contributed by atoms with Crippen molar-refractivity contribution in [3.63, 3.8) is 0 Å². The molecular formula is C22H25FN4O2S. The minimum absolute atomic E-state index is 0.0953. The van der Waals surface area contributed by atoms with Gasteiger partial charge in [-0.25, -0.2) is 4.39 Å². The van der Waals surface area contributed by atoms with E-state index in [1.165, 1.54) is 43.2 Å². The Morgan fingerprint density at radius 1 is 1.23 bits per heavy atom. The molecule has 4 rings (SSSR count). The van der Waals surface area contributed by atoms with Gasteiger partial charge in [0.2, 0.25) is 11.7 Å². The van der Waals surface area contributed by atoms with Crippen molar-refractivity contribution in [2.75, 3.05) is 0 Å². The molecule has 158 valence electrons. The summed E-state index contributed by atoms with van der Waals surface area (Å²) in [6, 6.07) is 10.2. The van der Waals surface area contributed by atoms with E-state index in [2.05, 4.69) is 20.1 Å². The third-order valence-electron chi connectivity index (χ3n) is 5.38. The molecule has 1 aliphatic carbocycles. The normalized spacial score (nSPS) is 15.8. The molecule has 0 spiro atoms. The maximum absolute atomic E-state index is 13.0. The Morgan fingerprint density at radius 2 is 2.00 bits per heavy atom. The summed E-state index contributed by atoms with van der Waals surface area (Å²) in [4.78, 5) is 12.6. The number of thioether (sulfide) groups is 1. The Hall–Kier alpha value is -2.61. The van der Waals surface area contributed by atoms with Gasteiger partial charge in [-0.2, -0.15) is 0 Å². The number of benzene rings is 1. The van der Waals surface area contributed by atoms with Crippen LogP contribution in [0, 0.1) is 5.82 Å². The first-order chi connectivity index (χ1) is 14.6. The number of carbonyl (C=O) groups excluding carboxylic acids is 1. The van der Waals surface area contributed by atoms with Crippen molar-refractivity contribution in [1.29, 1.82) is 0 Å². The van der Waals surface area contributed by atoms with Crippen LogP contribution in [0.25, 0.3) is 11.6 Å². The van der Waals surface area contributed by atoms with Crippen molar-refractivity contribution in [3.8, 4) is 11.6 Å². The van der Waals surface area contributed by atoms with Gasteiger partial charge in [0.15, 0.2) is 10.9 Å². The average molecular weight is 429 g/mol. The van der Waals surface area contributed by atoms with E-state index in [9.17, 15) is 9.18 Å². The number of hydrogen-bond acceptors (Lipinski definition) is 5. The predicted octanol–water partition coefficient (Wildman–Crippen LogP) is 4.98. The molecular weight excluding hydrogens is 403 g/mol. The summed E-state index contributed by atoms with van der Waals surface area (Å²) in [7, 11) is 0. The van der Waals surface area contributed by atoms with E-state index in [-0.39, 0.29) is 17.0 Å². The Balaban J connectivity index is 1.47. The van der Waals surface area contributed by atoms with Gasteiger partial charge in [0.25, 0.3) is 0 Å². The van der Waals surface area contributed by atoms with Gasteiger partial charge in [-0.1, -0.05) is 43.2 Å². The van der Waals surface area contributed by atoms with Gasteiger partial charge >= 0.3 is 0 Å². The zero-order valence-electron chi connectivity index (χ0n) is 16.9. The molecule has 2 heterocycles. The molecule has 0 saturated heterocycles. The maximum atomic E-state index is 13.0. The highest BCUT2D eigenvalue weighted by atomic mass is 32.2. The lowest BCUT2D eigenvalue weighted by Crippen LogP contribution is -2.30. The molecule has 0 bridgehead atoms. The highest BCUT2D eigenvalue weighted by molar-refractivity contribution is 8.00. The first-order valence-corrected chi connectivity index (χ1v) is 11.2. The summed E-state index contributed by atoms with van der Waals surface area (Å²) < 4.78 is 20.8. The van der Waals surface area contributed by atoms with E-state index >= 15 is 0 Å². The van der Waals surface area contributed by atoms with Crippen LogP contribution in [0.3, 0.4) is 0 Å². The third kappa shape index (κ3) is 4.75. The van der Waals surface area contributed by atoms with E-state index < -0.39 is 0 Å². The molecule has 1 N–H and O–H groups in total. The van der Waals surface area contributed by atoms with E-state index in [1.807, 2.05) is 19.1 Å². The van der Waals surface area contributed by atoms with E-state index in [1.54, 1.807) is 18.4 Å². The van der Waals surface area contributed by atoms with Gasteiger partial charge in [-0.05, 0) is 49.6 Å². The van der Waals surface area contributed by atoms with Crippen LogP contribution in [0.5, 0.6) is 0 Å². The van der Waals surface area contributed by atoms with Crippen molar-refractivity contribution in [3.05, 3.63) is 54.0 Å². The van der Waals surface area contributed by atoms with Crippen molar-refractivity contribution in [2.24, 2.45) is 0 Å². The second-order valence-electron chi connectivity index (χ2n) is 7.55. The van der Waals surface area contributed by atoms with Crippen molar-refractivity contribution in [1.82, 2.24) is 20.1 Å². The standard InChI is InChI=1S/C22H25FN4O2S/c1-15(21(28)24-14-16-9-11-17(23)12-10-16)30-22-26-25-20(19-8-5-13-29-19)27(22)18-6-3-2-4-7-18/h5,8-13,15,18H,2-4,6-7,14H2,1H3,(H,24,28). The van der Waals surface area contributed by atoms with Crippen LogP contribution in [0.15, 0.2) is 52.2 Å². The Morgan fingerprint density at radius 3 is 2.70 bits per heavy atom. The van der Waals surface area contributed by atoms with Gasteiger partial charge < -0.3 is 9.73 Å². The second-order valence-corrected chi connectivity index (χ2v) is 8.86. The topological polar surface area (TPSA) is 73.0 Å². The van der Waals surface area contributed by atoms with Crippen molar-refractivity contribution < 1.29 is 13.6 Å². The molecule has 0 aliphatic heterocycles. The highest BCUT2D eigenvalue weighted by Gasteiger charge is 2.27. The zero-order chi connectivity index (χ0) is 20.9. The fraction of sp³-hybridized carbons (Fsp3) is 0.409. The predicted molar refractivity (Wildman–Crippen MR) is 113 cm³/mol. The van der Waals surface area contributed by atoms with Crippen LogP contribution in [-0.2, 0) is 11.3 Å². The van der Waals surface area contributed by atoms with Gasteiger partial charge in [0.1, 0.15) is 5.82 Å². The van der Waals surface area contributed by atoms with Gasteiger partial charge in [-0.15, -0.1) is 10.2 Å². The molecule has 2 aromatic heterocycles. The minimum Gasteiger partial charge on any atom is -0.461 e. The molecule has 1 atom stereocenters. The number of nitrogens with zero attached hydrogens (tertiary/aromatic N) is 3. The molecule has 1 unspecified atom stereocenters. The number of carbonyl (C=O) groups is 1. The smallest absolute Gasteiger partial charge is 0.233 e. The van der Waals surface area contributed by atoms with Crippen LogP contribution in [0.4, 0.5) is 4.39 Å². The zero-order valence-corrected chi connectivity index (χ0v) is 17.7. The summed E-state index contributed by atoms with van der Waals surface area (Å²) in [5.74, 6) is 1.02. The minimum atomic E-state index is -0.346. The second kappa shape index (κ2) is 9.47. The first kappa shape index (κ1) is 20.7. The summed E-state index contributed by atoms with van der Waals surface area (Å²) in [5, 5.41) is 12.1. The van der Waals surface area contributed by atoms with Crippen LogP contribution >= 0.6 is 11.8 Å². The Kier molecular flexibility index (Phi) is 6.52. The fourth-order valence-corrected chi connectivity index (χ4v) is 4.69. The summed E-state index contributed by atoms with van der Waals surface area (Å²) in [5.41, 5.74) is 0.854. The maximum Gasteiger partial charge on any atom is 0.233 e. The monoisotopic (exact) mass is 428 g/mol. The summed E-state index contributed by atoms with van der Waals surface area (Å²) in [6.07, 6.45) is 7.39. The molecule has 3 aromatic rings. The summed E-state index contributed by atoms with van der Waals surface area (Å²) >= 11 is 1.40. The van der Waals surface area contributed by atoms with Gasteiger partial charge in [-0.3, -0.25) is 9.36 Å². The lowest BCUT2D eigenvalue weighted by atomic mass is 9.95.